The summed E-state index contributed by atoms with van der Waals surface area (Å²) in [7, 11) is 1.62. The monoisotopic (exact) mass is 354 g/mol. The van der Waals surface area contributed by atoms with Crippen LogP contribution >= 0.6 is 0 Å². The Hall–Kier alpha value is -2.69. The molecule has 1 saturated heterocycles. The number of nitrogens with zero attached hydrogens (tertiary/aromatic N) is 2. The van der Waals surface area contributed by atoms with Crippen LogP contribution in [0.3, 0.4) is 0 Å². The molecule has 3 rings (SSSR count). The average Bonchev–Trinajstić information content (AvgIpc) is 2.72. The van der Waals surface area contributed by atoms with Gasteiger partial charge < -0.3 is 19.3 Å². The van der Waals surface area contributed by atoms with Crippen molar-refractivity contribution in [3.63, 3.8) is 0 Å². The molecule has 0 saturated carbocycles. The number of carbonyl (C=O) groups is 1. The molecule has 1 aliphatic heterocycles. The van der Waals surface area contributed by atoms with Gasteiger partial charge in [-0.1, -0.05) is 31.2 Å². The van der Waals surface area contributed by atoms with Gasteiger partial charge >= 0.3 is 0 Å². The fraction of sp³-hybridized carbons (Fsp3) is 0.381. The molecule has 0 radical (unpaired) electrons. The predicted octanol–water partition coefficient (Wildman–Crippen LogP) is 3.20. The Labute approximate surface area is 155 Å². The van der Waals surface area contributed by atoms with Crippen LogP contribution in [-0.2, 0) is 4.79 Å². The molecule has 0 aliphatic carbocycles. The van der Waals surface area contributed by atoms with Gasteiger partial charge in [0.25, 0.3) is 5.91 Å². The first-order chi connectivity index (χ1) is 12.7. The van der Waals surface area contributed by atoms with Crippen molar-refractivity contribution in [3.05, 3.63) is 54.6 Å². The lowest BCUT2D eigenvalue weighted by Crippen LogP contribution is -2.52. The number of methoxy groups -OCH3 is 1. The predicted molar refractivity (Wildman–Crippen MR) is 103 cm³/mol. The third-order valence-electron chi connectivity index (χ3n) is 4.68. The number of amides is 1. The third kappa shape index (κ3) is 4.28. The highest BCUT2D eigenvalue weighted by atomic mass is 16.5. The van der Waals surface area contributed by atoms with Gasteiger partial charge in [-0.15, -0.1) is 0 Å². The van der Waals surface area contributed by atoms with Crippen molar-refractivity contribution >= 4 is 11.6 Å². The number of benzene rings is 2. The summed E-state index contributed by atoms with van der Waals surface area (Å²) < 4.78 is 11.2. The summed E-state index contributed by atoms with van der Waals surface area (Å²) in [6, 6.07) is 17.7. The van der Waals surface area contributed by atoms with E-state index in [9.17, 15) is 4.79 Å². The summed E-state index contributed by atoms with van der Waals surface area (Å²) in [6.45, 7) is 5.08. The van der Waals surface area contributed by atoms with Crippen molar-refractivity contribution in [1.82, 2.24) is 4.90 Å². The zero-order valence-electron chi connectivity index (χ0n) is 15.4. The molecule has 1 unspecified atom stereocenters. The van der Waals surface area contributed by atoms with Crippen LogP contribution < -0.4 is 14.4 Å². The lowest BCUT2D eigenvalue weighted by molar-refractivity contribution is -0.139. The highest BCUT2D eigenvalue weighted by molar-refractivity contribution is 5.81. The van der Waals surface area contributed by atoms with E-state index < -0.39 is 6.10 Å². The lowest BCUT2D eigenvalue weighted by Gasteiger charge is -2.37. The molecule has 1 aliphatic rings. The van der Waals surface area contributed by atoms with Crippen molar-refractivity contribution in [2.75, 3.05) is 38.2 Å². The van der Waals surface area contributed by atoms with Crippen molar-refractivity contribution < 1.29 is 14.3 Å². The van der Waals surface area contributed by atoms with Gasteiger partial charge in [-0.3, -0.25) is 4.79 Å². The molecule has 5 nitrogen and oxygen atoms in total. The molecular formula is C21H26N2O3. The molecule has 1 heterocycles. The number of carbonyl (C=O) groups excluding carboxylic acids is 1. The van der Waals surface area contributed by atoms with E-state index in [2.05, 4.69) is 17.0 Å². The summed E-state index contributed by atoms with van der Waals surface area (Å²) in [5, 5.41) is 0. The van der Waals surface area contributed by atoms with Crippen LogP contribution in [0.1, 0.15) is 13.3 Å². The smallest absolute Gasteiger partial charge is 0.263 e. The van der Waals surface area contributed by atoms with Crippen LogP contribution in [0, 0.1) is 0 Å². The Balaban J connectivity index is 1.59. The molecule has 5 heteroatoms. The number of hydrogen-bond acceptors (Lipinski definition) is 4. The van der Waals surface area contributed by atoms with Gasteiger partial charge in [-0.2, -0.15) is 0 Å². The fourth-order valence-corrected chi connectivity index (χ4v) is 3.17. The molecule has 1 fully saturated rings. The van der Waals surface area contributed by atoms with Crippen LogP contribution in [0.4, 0.5) is 5.69 Å². The molecule has 1 atom stereocenters. The summed E-state index contributed by atoms with van der Waals surface area (Å²) in [6.07, 6.45) is 0.167. The lowest BCUT2D eigenvalue weighted by atomic mass is 10.2. The molecule has 0 aromatic heterocycles. The van der Waals surface area contributed by atoms with E-state index in [1.807, 2.05) is 54.3 Å². The zero-order valence-corrected chi connectivity index (χ0v) is 15.4. The van der Waals surface area contributed by atoms with E-state index >= 15 is 0 Å². The van der Waals surface area contributed by atoms with Gasteiger partial charge in [0.05, 0.1) is 7.11 Å². The van der Waals surface area contributed by atoms with E-state index in [-0.39, 0.29) is 5.91 Å². The molecule has 26 heavy (non-hydrogen) atoms. The number of rotatable bonds is 6. The normalized spacial score (nSPS) is 15.5. The minimum Gasteiger partial charge on any atom is -0.497 e. The second-order valence-electron chi connectivity index (χ2n) is 6.34. The van der Waals surface area contributed by atoms with E-state index in [0.29, 0.717) is 25.3 Å². The maximum Gasteiger partial charge on any atom is 0.263 e. The van der Waals surface area contributed by atoms with Crippen LogP contribution in [-0.4, -0.2) is 50.2 Å². The Morgan fingerprint density at radius 2 is 1.69 bits per heavy atom. The second kappa shape index (κ2) is 8.61. The Kier molecular flexibility index (Phi) is 6.00. The van der Waals surface area contributed by atoms with E-state index in [1.165, 1.54) is 5.69 Å². The summed E-state index contributed by atoms with van der Waals surface area (Å²) in [4.78, 5) is 17.1. The van der Waals surface area contributed by atoms with Gasteiger partial charge in [0.1, 0.15) is 11.5 Å². The molecule has 1 amide bonds. The van der Waals surface area contributed by atoms with Crippen molar-refractivity contribution in [2.45, 2.75) is 19.4 Å². The summed E-state index contributed by atoms with van der Waals surface area (Å²) in [5.74, 6) is 1.44. The molecule has 0 spiro atoms. The Bertz CT molecular complexity index is 712. The first kappa shape index (κ1) is 18.1. The number of ether oxygens (including phenoxy) is 2. The minimum atomic E-state index is -0.467. The quantitative estimate of drug-likeness (QED) is 0.799. The molecule has 0 N–H and O–H groups in total. The van der Waals surface area contributed by atoms with Gasteiger partial charge in [-0.25, -0.2) is 0 Å². The standard InChI is InChI=1S/C21H26N2O3/c1-3-20(26-19-11-7-10-18(16-19)25-2)21(24)23-14-12-22(13-15-23)17-8-5-4-6-9-17/h4-11,16,20H,3,12-15H2,1-2H3. The Morgan fingerprint density at radius 3 is 2.35 bits per heavy atom. The van der Waals surface area contributed by atoms with E-state index in [1.54, 1.807) is 7.11 Å². The molecule has 138 valence electrons. The highest BCUT2D eigenvalue weighted by Crippen LogP contribution is 2.22. The van der Waals surface area contributed by atoms with Crippen LogP contribution in [0.15, 0.2) is 54.6 Å². The number of anilines is 1. The molecule has 2 aromatic carbocycles. The minimum absolute atomic E-state index is 0.0584. The maximum absolute atomic E-state index is 12.9. The molecular weight excluding hydrogens is 328 g/mol. The number of piperazine rings is 1. The fourth-order valence-electron chi connectivity index (χ4n) is 3.17. The average molecular weight is 354 g/mol. The SMILES string of the molecule is CCC(Oc1cccc(OC)c1)C(=O)N1CCN(c2ccccc2)CC1. The van der Waals surface area contributed by atoms with Crippen molar-refractivity contribution in [1.29, 1.82) is 0 Å². The Morgan fingerprint density at radius 1 is 1.00 bits per heavy atom. The van der Waals surface area contributed by atoms with Crippen LogP contribution in [0.25, 0.3) is 0 Å². The zero-order chi connectivity index (χ0) is 18.4. The highest BCUT2D eigenvalue weighted by Gasteiger charge is 2.28. The van der Waals surface area contributed by atoms with Crippen molar-refractivity contribution in [3.8, 4) is 11.5 Å². The molecule has 2 aromatic rings. The van der Waals surface area contributed by atoms with Crippen LogP contribution in [0.5, 0.6) is 11.5 Å². The summed E-state index contributed by atoms with van der Waals surface area (Å²) >= 11 is 0. The van der Waals surface area contributed by atoms with Crippen LogP contribution in [0.2, 0.25) is 0 Å². The van der Waals surface area contributed by atoms with Gasteiger partial charge in [0, 0.05) is 37.9 Å². The third-order valence-corrected chi connectivity index (χ3v) is 4.68. The topological polar surface area (TPSA) is 42.0 Å². The van der Waals surface area contributed by atoms with E-state index in [4.69, 9.17) is 9.47 Å². The maximum atomic E-state index is 12.9. The van der Waals surface area contributed by atoms with E-state index in [0.717, 1.165) is 18.8 Å². The largest absolute Gasteiger partial charge is 0.497 e. The van der Waals surface area contributed by atoms with Gasteiger partial charge in [0.2, 0.25) is 0 Å². The number of para-hydroxylation sites is 1. The number of hydrogen-bond donors (Lipinski definition) is 0. The first-order valence-electron chi connectivity index (χ1n) is 9.10. The second-order valence-corrected chi connectivity index (χ2v) is 6.34. The van der Waals surface area contributed by atoms with Gasteiger partial charge in [-0.05, 0) is 30.7 Å². The summed E-state index contributed by atoms with van der Waals surface area (Å²) in [5.41, 5.74) is 1.21. The first-order valence-corrected chi connectivity index (χ1v) is 9.10. The molecule has 0 bridgehead atoms. The van der Waals surface area contributed by atoms with Gasteiger partial charge in [0.15, 0.2) is 6.10 Å². The van der Waals surface area contributed by atoms with Crippen molar-refractivity contribution in [2.24, 2.45) is 0 Å².